The number of nitrogens with one attached hydrogen (secondary N) is 2. The van der Waals surface area contributed by atoms with Gasteiger partial charge in [-0.2, -0.15) is 0 Å². The zero-order chi connectivity index (χ0) is 45.1. The number of benzene rings is 2. The van der Waals surface area contributed by atoms with E-state index >= 15 is 0 Å². The number of methoxy groups -OCH3 is 1. The van der Waals surface area contributed by atoms with Gasteiger partial charge in [-0.15, -0.1) is 0 Å². The molecule has 2 N–H and O–H groups in total. The molecule has 4 aromatic rings. The molecule has 5 atom stereocenters. The van der Waals surface area contributed by atoms with Crippen molar-refractivity contribution in [3.63, 3.8) is 0 Å². The highest BCUT2D eigenvalue weighted by molar-refractivity contribution is 5.99. The van der Waals surface area contributed by atoms with Crippen LogP contribution in [0.1, 0.15) is 95.6 Å². The van der Waals surface area contributed by atoms with Crippen molar-refractivity contribution >= 4 is 34.6 Å². The molecule has 5 aliphatic rings. The standard InChI is InChI=1S/C51H60N6O7/c1-8-40(58)55-27-51(28-55)20-19-39(64-51)42(30(3)4)48(60)53-37-24-31-13-10-14-32(23-31)33-17-18-38-36(25-33)43-44(47(62-7)45-35(16-11-21-52-45)46(43)56(38)9-2)50(5,6)29-63-41(59)26-34-15-12-22-57(54-34)49(37)61/h8,10-11,13-14,16-18,21,23,25,34,37,39,44,47,54H,1,9,12,15,19-20,22,24,26-29H2,2-7H3,(H,53,60)/t34-,37?,39-,44?,47-/m0/s1. The van der Waals surface area contributed by atoms with E-state index in [1.807, 2.05) is 38.2 Å². The van der Waals surface area contributed by atoms with Crippen LogP contribution in [0.5, 0.6) is 0 Å². The highest BCUT2D eigenvalue weighted by Gasteiger charge is 2.52. The number of pyridine rings is 1. The summed E-state index contributed by atoms with van der Waals surface area (Å²) in [5.41, 5.74) is 11.7. The molecule has 3 saturated heterocycles. The molecular weight excluding hydrogens is 809 g/mol. The van der Waals surface area contributed by atoms with Gasteiger partial charge >= 0.3 is 5.97 Å². The molecule has 0 saturated carbocycles. The molecule has 2 aromatic heterocycles. The van der Waals surface area contributed by atoms with Gasteiger partial charge in [0.05, 0.1) is 43.6 Å². The minimum Gasteiger partial charge on any atom is -0.465 e. The van der Waals surface area contributed by atoms with Gasteiger partial charge in [-0.1, -0.05) is 56.3 Å². The number of ether oxygens (including phenoxy) is 3. The molecular formula is C51H60N6O7. The summed E-state index contributed by atoms with van der Waals surface area (Å²) in [5, 5.41) is 5.82. The van der Waals surface area contributed by atoms with E-state index in [9.17, 15) is 19.2 Å². The number of rotatable bonds is 6. The lowest BCUT2D eigenvalue weighted by Crippen LogP contribution is -2.63. The highest BCUT2D eigenvalue weighted by Crippen LogP contribution is 2.57. The summed E-state index contributed by atoms with van der Waals surface area (Å²) in [5.74, 6) is -1.35. The van der Waals surface area contributed by atoms with Crippen molar-refractivity contribution in [1.82, 2.24) is 30.2 Å². The number of fused-ring (bicyclic) bond motifs is 8. The van der Waals surface area contributed by atoms with E-state index in [1.54, 1.807) is 17.0 Å². The Bertz CT molecular complexity index is 2570. The van der Waals surface area contributed by atoms with Gasteiger partial charge < -0.3 is 29.0 Å². The first kappa shape index (κ1) is 43.6. The minimum atomic E-state index is -0.938. The number of nitrogens with zero attached hydrogens (tertiary/aromatic N) is 4. The van der Waals surface area contributed by atoms with Crippen molar-refractivity contribution in [2.24, 2.45) is 5.41 Å². The van der Waals surface area contributed by atoms with Crippen LogP contribution >= 0.6 is 0 Å². The van der Waals surface area contributed by atoms with Gasteiger partial charge in [0.1, 0.15) is 17.7 Å². The maximum absolute atomic E-state index is 14.7. The van der Waals surface area contributed by atoms with E-state index in [1.165, 1.54) is 6.08 Å². The second-order valence-electron chi connectivity index (χ2n) is 19.2. The van der Waals surface area contributed by atoms with Crippen molar-refractivity contribution in [1.29, 1.82) is 0 Å². The van der Waals surface area contributed by atoms with E-state index in [2.05, 4.69) is 79.1 Å². The smallest absolute Gasteiger partial charge is 0.307 e. The predicted molar refractivity (Wildman–Crippen MR) is 244 cm³/mol. The zero-order valence-electron chi connectivity index (χ0n) is 37.9. The first-order valence-electron chi connectivity index (χ1n) is 22.8. The van der Waals surface area contributed by atoms with Crippen LogP contribution in [-0.2, 0) is 46.4 Å². The lowest BCUT2D eigenvalue weighted by Gasteiger charge is -2.47. The second-order valence-corrected chi connectivity index (χ2v) is 19.2. The molecule has 9 rings (SSSR count). The van der Waals surface area contributed by atoms with Gasteiger partial charge in [0.25, 0.3) is 5.91 Å². The van der Waals surface area contributed by atoms with Gasteiger partial charge in [-0.3, -0.25) is 29.2 Å². The number of amides is 3. The lowest BCUT2D eigenvalue weighted by atomic mass is 9.67. The summed E-state index contributed by atoms with van der Waals surface area (Å²) in [4.78, 5) is 61.9. The monoisotopic (exact) mass is 868 g/mol. The number of hydrogen-bond donors (Lipinski definition) is 2. The summed E-state index contributed by atoms with van der Waals surface area (Å²) in [7, 11) is 1.73. The van der Waals surface area contributed by atoms with Gasteiger partial charge in [-0.05, 0) is 99.0 Å². The number of allylic oxidation sites excluding steroid dienone is 1. The first-order valence-corrected chi connectivity index (χ1v) is 22.8. The third-order valence-corrected chi connectivity index (χ3v) is 14.2. The largest absolute Gasteiger partial charge is 0.465 e. The summed E-state index contributed by atoms with van der Waals surface area (Å²) in [6.45, 7) is 16.0. The number of aromatic nitrogens is 2. The molecule has 6 heterocycles. The third kappa shape index (κ3) is 7.75. The molecule has 3 amide bonds. The van der Waals surface area contributed by atoms with Crippen LogP contribution < -0.4 is 10.7 Å². The number of carbonyl (C=O) groups excluding carboxylic acids is 4. The second kappa shape index (κ2) is 17.1. The van der Waals surface area contributed by atoms with E-state index < -0.39 is 29.3 Å². The molecule has 64 heavy (non-hydrogen) atoms. The summed E-state index contributed by atoms with van der Waals surface area (Å²) < 4.78 is 21.5. The van der Waals surface area contributed by atoms with E-state index in [-0.39, 0.29) is 55.1 Å². The van der Waals surface area contributed by atoms with Gasteiger partial charge in [0, 0.05) is 72.2 Å². The van der Waals surface area contributed by atoms with Gasteiger partial charge in [0.15, 0.2) is 0 Å². The average molecular weight is 869 g/mol. The molecule has 2 aromatic carbocycles. The highest BCUT2D eigenvalue weighted by atomic mass is 16.5. The Morgan fingerprint density at radius 2 is 1.84 bits per heavy atom. The van der Waals surface area contributed by atoms with E-state index in [0.717, 1.165) is 62.2 Å². The Morgan fingerprint density at radius 1 is 1.05 bits per heavy atom. The molecule has 4 aliphatic heterocycles. The Kier molecular flexibility index (Phi) is 11.6. The third-order valence-electron chi connectivity index (χ3n) is 14.2. The normalized spacial score (nSPS) is 24.8. The Labute approximate surface area is 375 Å². The minimum absolute atomic E-state index is 0.0734. The summed E-state index contributed by atoms with van der Waals surface area (Å²) in [6, 6.07) is 17.6. The van der Waals surface area contributed by atoms with Crippen molar-refractivity contribution in [3.05, 3.63) is 101 Å². The van der Waals surface area contributed by atoms with Crippen molar-refractivity contribution < 1.29 is 33.4 Å². The van der Waals surface area contributed by atoms with Crippen LogP contribution in [0, 0.1) is 5.41 Å². The SMILES string of the molecule is C=CC(=O)N1CC2(CC[C@@H](C(C(=O)NC3Cc4cccc(c4)-c4ccc5c(c4)c4c(n5CC)-c5cccnc5[C@@H](OC)C4C(C)(C)COC(=O)C[C@@H]4CCCN(N4)C3=O)=C(C)C)O2)C1. The molecule has 2 unspecified atom stereocenters. The van der Waals surface area contributed by atoms with Crippen LogP contribution in [-0.4, -0.2) is 100 Å². The van der Waals surface area contributed by atoms with Crippen molar-refractivity contribution in [3.8, 4) is 22.4 Å². The molecule has 336 valence electrons. The number of hydrazine groups is 1. The number of aryl methyl sites for hydroxylation is 1. The molecule has 13 nitrogen and oxygen atoms in total. The number of esters is 1. The molecule has 1 spiro atoms. The molecule has 13 heteroatoms. The maximum Gasteiger partial charge on any atom is 0.307 e. The fourth-order valence-electron chi connectivity index (χ4n) is 11.1. The van der Waals surface area contributed by atoms with Crippen LogP contribution in [0.2, 0.25) is 0 Å². The maximum atomic E-state index is 14.7. The van der Waals surface area contributed by atoms with Crippen LogP contribution in [0.3, 0.4) is 0 Å². The molecule has 3 fully saturated rings. The predicted octanol–water partition coefficient (Wildman–Crippen LogP) is 6.95. The Balaban J connectivity index is 1.10. The van der Waals surface area contributed by atoms with Gasteiger partial charge in [-0.25, -0.2) is 5.43 Å². The zero-order valence-corrected chi connectivity index (χ0v) is 37.9. The molecule has 0 radical (unpaired) electrons. The number of hydrogen-bond acceptors (Lipinski definition) is 9. The first-order chi connectivity index (χ1) is 30.7. The van der Waals surface area contributed by atoms with E-state index in [4.69, 9.17) is 19.2 Å². The topological polar surface area (TPSA) is 144 Å². The summed E-state index contributed by atoms with van der Waals surface area (Å²) in [6.07, 6.45) is 5.24. The van der Waals surface area contributed by atoms with E-state index in [0.29, 0.717) is 50.9 Å². The number of carbonyl (C=O) groups is 4. The number of likely N-dealkylation sites (tertiary alicyclic amines) is 1. The average Bonchev–Trinajstić information content (AvgIpc) is 3.86. The van der Waals surface area contributed by atoms with Crippen LogP contribution in [0.4, 0.5) is 0 Å². The Morgan fingerprint density at radius 3 is 2.59 bits per heavy atom. The fraction of sp³-hybridized carbons (Fsp3) is 0.471. The summed E-state index contributed by atoms with van der Waals surface area (Å²) >= 11 is 0. The van der Waals surface area contributed by atoms with Crippen LogP contribution in [0.15, 0.2) is 84.6 Å². The van der Waals surface area contributed by atoms with Gasteiger partial charge in [0.2, 0.25) is 11.8 Å². The van der Waals surface area contributed by atoms with Crippen molar-refractivity contribution in [2.45, 2.75) is 115 Å². The quantitative estimate of drug-likeness (QED) is 0.155. The van der Waals surface area contributed by atoms with Crippen LogP contribution in [0.25, 0.3) is 33.3 Å². The number of cyclic esters (lactones) is 1. The Hall–Kier alpha value is -5.63. The molecule has 6 bridgehead atoms. The van der Waals surface area contributed by atoms with Crippen molar-refractivity contribution in [2.75, 3.05) is 33.4 Å². The fourth-order valence-corrected chi connectivity index (χ4v) is 11.1. The lowest BCUT2D eigenvalue weighted by molar-refractivity contribution is -0.158. The molecule has 1 aliphatic carbocycles.